The average molecular weight is 316 g/mol. The Balaban J connectivity index is 1.96. The molecule has 0 saturated carbocycles. The molecule has 0 aliphatic rings. The molecule has 0 atom stereocenters. The molecule has 1 N–H and O–H groups in total. The van der Waals surface area contributed by atoms with Crippen molar-refractivity contribution < 1.29 is 5.11 Å². The molecular weight excluding hydrogens is 306 g/mol. The lowest BCUT2D eigenvalue weighted by Crippen LogP contribution is -1.84. The Morgan fingerprint density at radius 3 is 3.00 bits per heavy atom. The fourth-order valence-electron chi connectivity index (χ4n) is 1.19. The molecule has 0 radical (unpaired) electrons. The predicted octanol–water partition coefficient (Wildman–Crippen LogP) is 3.69. The van der Waals surface area contributed by atoms with Crippen molar-refractivity contribution in [1.82, 2.24) is 4.98 Å². The highest BCUT2D eigenvalue weighted by Gasteiger charge is 2.02. The molecule has 0 aliphatic carbocycles. The second-order valence-corrected chi connectivity index (χ2v) is 6.04. The molecule has 84 valence electrons. The molecule has 2 rings (SSSR count). The first-order valence-electron chi connectivity index (χ1n) is 4.70. The van der Waals surface area contributed by atoms with Crippen molar-refractivity contribution in [3.8, 4) is 0 Å². The molecule has 0 unspecified atom stereocenters. The van der Waals surface area contributed by atoms with Gasteiger partial charge in [-0.25, -0.2) is 4.98 Å². The molecular formula is C11H10BrNOS2. The fraction of sp³-hybridized carbons (Fsp3) is 0.182. The molecule has 0 bridgehead atoms. The number of aliphatic hydroxyl groups is 1. The van der Waals surface area contributed by atoms with Crippen molar-refractivity contribution in [2.45, 2.75) is 17.3 Å². The van der Waals surface area contributed by atoms with E-state index in [0.29, 0.717) is 0 Å². The Morgan fingerprint density at radius 1 is 1.44 bits per heavy atom. The third kappa shape index (κ3) is 3.31. The SMILES string of the molecule is OCc1csc(CSc2cccc(Br)c2)n1. The largest absolute Gasteiger partial charge is 0.390 e. The van der Waals surface area contributed by atoms with Crippen LogP contribution in [0.1, 0.15) is 10.7 Å². The van der Waals surface area contributed by atoms with Crippen LogP contribution in [0.15, 0.2) is 39.0 Å². The number of thioether (sulfide) groups is 1. The van der Waals surface area contributed by atoms with Crippen molar-refractivity contribution >= 4 is 39.0 Å². The molecule has 2 nitrogen and oxygen atoms in total. The number of rotatable bonds is 4. The lowest BCUT2D eigenvalue weighted by Gasteiger charge is -1.99. The first-order chi connectivity index (χ1) is 7.78. The highest BCUT2D eigenvalue weighted by molar-refractivity contribution is 9.10. The molecule has 5 heteroatoms. The van der Waals surface area contributed by atoms with Crippen LogP contribution >= 0.6 is 39.0 Å². The lowest BCUT2D eigenvalue weighted by molar-refractivity contribution is 0.277. The van der Waals surface area contributed by atoms with E-state index in [4.69, 9.17) is 5.11 Å². The fourth-order valence-corrected chi connectivity index (χ4v) is 3.50. The molecule has 0 spiro atoms. The zero-order chi connectivity index (χ0) is 11.4. The maximum absolute atomic E-state index is 8.90. The summed E-state index contributed by atoms with van der Waals surface area (Å²) in [7, 11) is 0. The van der Waals surface area contributed by atoms with Gasteiger partial charge in [-0.2, -0.15) is 0 Å². The number of halogens is 1. The van der Waals surface area contributed by atoms with E-state index in [9.17, 15) is 0 Å². The topological polar surface area (TPSA) is 33.1 Å². The maximum Gasteiger partial charge on any atom is 0.103 e. The van der Waals surface area contributed by atoms with Crippen LogP contribution in [0.25, 0.3) is 0 Å². The zero-order valence-corrected chi connectivity index (χ0v) is 11.6. The number of benzene rings is 1. The Morgan fingerprint density at radius 2 is 2.31 bits per heavy atom. The van der Waals surface area contributed by atoms with Crippen LogP contribution in [0.5, 0.6) is 0 Å². The van der Waals surface area contributed by atoms with Gasteiger partial charge in [0.25, 0.3) is 0 Å². The van der Waals surface area contributed by atoms with Crippen LogP contribution in [0.4, 0.5) is 0 Å². The molecule has 0 fully saturated rings. The number of aromatic nitrogens is 1. The normalized spacial score (nSPS) is 10.6. The molecule has 16 heavy (non-hydrogen) atoms. The standard InChI is InChI=1S/C11H10BrNOS2/c12-8-2-1-3-10(4-8)15-7-11-13-9(5-14)6-16-11/h1-4,6,14H,5,7H2. The minimum atomic E-state index is 0.0258. The molecule has 0 amide bonds. The Labute approximate surface area is 111 Å². The number of nitrogens with zero attached hydrogens (tertiary/aromatic N) is 1. The third-order valence-corrected chi connectivity index (χ3v) is 4.50. The quantitative estimate of drug-likeness (QED) is 0.873. The van der Waals surface area contributed by atoms with E-state index < -0.39 is 0 Å². The van der Waals surface area contributed by atoms with Crippen molar-refractivity contribution in [2.24, 2.45) is 0 Å². The highest BCUT2D eigenvalue weighted by atomic mass is 79.9. The van der Waals surface area contributed by atoms with Gasteiger partial charge < -0.3 is 5.11 Å². The van der Waals surface area contributed by atoms with Gasteiger partial charge in [-0.15, -0.1) is 23.1 Å². The van der Waals surface area contributed by atoms with Gasteiger partial charge in [-0.05, 0) is 18.2 Å². The Hall–Kier alpha value is -0.360. The van der Waals surface area contributed by atoms with Gasteiger partial charge in [0.05, 0.1) is 18.1 Å². The monoisotopic (exact) mass is 315 g/mol. The van der Waals surface area contributed by atoms with Crippen LogP contribution in [-0.4, -0.2) is 10.1 Å². The first kappa shape index (κ1) is 12.1. The van der Waals surface area contributed by atoms with Crippen LogP contribution in [-0.2, 0) is 12.4 Å². The summed E-state index contributed by atoms with van der Waals surface area (Å²) in [6.07, 6.45) is 0. The summed E-state index contributed by atoms with van der Waals surface area (Å²) >= 11 is 6.79. The summed E-state index contributed by atoms with van der Waals surface area (Å²) in [5.74, 6) is 0.848. The second kappa shape index (κ2) is 5.82. The van der Waals surface area contributed by atoms with E-state index in [0.717, 1.165) is 20.9 Å². The van der Waals surface area contributed by atoms with E-state index in [2.05, 4.69) is 33.0 Å². The summed E-state index contributed by atoms with van der Waals surface area (Å²) in [6.45, 7) is 0.0258. The molecule has 2 aromatic rings. The van der Waals surface area contributed by atoms with E-state index >= 15 is 0 Å². The van der Waals surface area contributed by atoms with Gasteiger partial charge in [0.15, 0.2) is 0 Å². The Bertz CT molecular complexity index is 473. The zero-order valence-electron chi connectivity index (χ0n) is 8.39. The lowest BCUT2D eigenvalue weighted by atomic mass is 10.4. The summed E-state index contributed by atoms with van der Waals surface area (Å²) in [4.78, 5) is 5.52. The maximum atomic E-state index is 8.90. The van der Waals surface area contributed by atoms with Crippen molar-refractivity contribution in [3.05, 3.63) is 44.8 Å². The highest BCUT2D eigenvalue weighted by Crippen LogP contribution is 2.26. The van der Waals surface area contributed by atoms with Crippen LogP contribution < -0.4 is 0 Å². The molecule has 0 aliphatic heterocycles. The van der Waals surface area contributed by atoms with Gasteiger partial charge >= 0.3 is 0 Å². The smallest absolute Gasteiger partial charge is 0.103 e. The molecule has 1 heterocycles. The van der Waals surface area contributed by atoms with Gasteiger partial charge in [0.2, 0.25) is 0 Å². The van der Waals surface area contributed by atoms with Crippen molar-refractivity contribution in [1.29, 1.82) is 0 Å². The third-order valence-electron chi connectivity index (χ3n) is 1.92. The molecule has 1 aromatic carbocycles. The minimum Gasteiger partial charge on any atom is -0.390 e. The number of hydrogen-bond acceptors (Lipinski definition) is 4. The van der Waals surface area contributed by atoms with Gasteiger partial charge in [0, 0.05) is 14.7 Å². The van der Waals surface area contributed by atoms with Crippen molar-refractivity contribution in [2.75, 3.05) is 0 Å². The molecule has 1 aromatic heterocycles. The summed E-state index contributed by atoms with van der Waals surface area (Å²) in [5, 5.41) is 11.9. The first-order valence-corrected chi connectivity index (χ1v) is 7.36. The van der Waals surface area contributed by atoms with Crippen molar-refractivity contribution in [3.63, 3.8) is 0 Å². The summed E-state index contributed by atoms with van der Waals surface area (Å²) < 4.78 is 1.09. The predicted molar refractivity (Wildman–Crippen MR) is 71.7 cm³/mol. The van der Waals surface area contributed by atoms with E-state index in [1.165, 1.54) is 4.90 Å². The van der Waals surface area contributed by atoms with Crippen LogP contribution in [0, 0.1) is 0 Å². The second-order valence-electron chi connectivity index (χ2n) is 3.14. The molecule has 0 saturated heterocycles. The number of hydrogen-bond donors (Lipinski definition) is 1. The summed E-state index contributed by atoms with van der Waals surface area (Å²) in [6, 6.07) is 8.20. The number of aliphatic hydroxyl groups excluding tert-OH is 1. The van der Waals surface area contributed by atoms with E-state index in [1.54, 1.807) is 23.1 Å². The minimum absolute atomic E-state index is 0.0258. The van der Waals surface area contributed by atoms with Gasteiger partial charge in [-0.1, -0.05) is 22.0 Å². The van der Waals surface area contributed by atoms with Gasteiger partial charge in [-0.3, -0.25) is 0 Å². The Kier molecular flexibility index (Phi) is 4.40. The van der Waals surface area contributed by atoms with Gasteiger partial charge in [0.1, 0.15) is 5.01 Å². The van der Waals surface area contributed by atoms with E-state index in [-0.39, 0.29) is 6.61 Å². The van der Waals surface area contributed by atoms with Crippen LogP contribution in [0.2, 0.25) is 0 Å². The van der Waals surface area contributed by atoms with Crippen LogP contribution in [0.3, 0.4) is 0 Å². The summed E-state index contributed by atoms with van der Waals surface area (Å²) in [5.41, 5.74) is 0.759. The number of thiazole rings is 1. The average Bonchev–Trinajstić information content (AvgIpc) is 2.74. The van der Waals surface area contributed by atoms with E-state index in [1.807, 2.05) is 17.5 Å².